The van der Waals surface area contributed by atoms with Crippen molar-refractivity contribution in [1.29, 1.82) is 0 Å². The summed E-state index contributed by atoms with van der Waals surface area (Å²) in [5, 5.41) is 4.69. The molecule has 2 rings (SSSR count). The van der Waals surface area contributed by atoms with E-state index in [1.165, 1.54) is 0 Å². The Labute approximate surface area is 99.5 Å². The van der Waals surface area contributed by atoms with Crippen LogP contribution in [0.25, 0.3) is 0 Å². The molecule has 1 N–H and O–H groups in total. The molecule has 4 heteroatoms. The molecule has 0 aromatic heterocycles. The number of benzene rings is 1. The molecule has 1 unspecified atom stereocenters. The van der Waals surface area contributed by atoms with E-state index in [1.807, 2.05) is 6.07 Å². The van der Waals surface area contributed by atoms with Crippen LogP contribution in [0.5, 0.6) is 5.75 Å². The van der Waals surface area contributed by atoms with Crippen molar-refractivity contribution >= 4 is 23.2 Å². The third kappa shape index (κ3) is 2.22. The molecule has 82 valence electrons. The van der Waals surface area contributed by atoms with Gasteiger partial charge in [0.1, 0.15) is 12.4 Å². The number of hydrogen-bond donors (Lipinski definition) is 1. The van der Waals surface area contributed by atoms with E-state index in [9.17, 15) is 0 Å². The van der Waals surface area contributed by atoms with Gasteiger partial charge in [-0.25, -0.2) is 0 Å². The molecular weight excluding hydrogens is 233 g/mol. The van der Waals surface area contributed by atoms with Crippen molar-refractivity contribution in [2.24, 2.45) is 0 Å². The zero-order valence-corrected chi connectivity index (χ0v) is 10.2. The minimum absolute atomic E-state index is 0.171. The van der Waals surface area contributed by atoms with Gasteiger partial charge in [-0.05, 0) is 12.1 Å². The van der Waals surface area contributed by atoms with Crippen molar-refractivity contribution in [3.63, 3.8) is 0 Å². The van der Waals surface area contributed by atoms with Gasteiger partial charge in [-0.1, -0.05) is 37.0 Å². The SMILES string of the molecule is CC(C)NC1COc2cc(Cl)cc(Cl)c21. The third-order valence-electron chi connectivity index (χ3n) is 2.34. The fourth-order valence-electron chi connectivity index (χ4n) is 1.81. The van der Waals surface area contributed by atoms with Crippen molar-refractivity contribution in [3.8, 4) is 5.75 Å². The van der Waals surface area contributed by atoms with Gasteiger partial charge < -0.3 is 10.1 Å². The highest BCUT2D eigenvalue weighted by Gasteiger charge is 2.27. The molecule has 0 spiro atoms. The highest BCUT2D eigenvalue weighted by atomic mass is 35.5. The van der Waals surface area contributed by atoms with Crippen LogP contribution in [0.3, 0.4) is 0 Å². The molecule has 1 aromatic carbocycles. The monoisotopic (exact) mass is 245 g/mol. The van der Waals surface area contributed by atoms with Crippen LogP contribution in [0.2, 0.25) is 10.0 Å². The van der Waals surface area contributed by atoms with Gasteiger partial charge in [0.05, 0.1) is 11.1 Å². The van der Waals surface area contributed by atoms with Gasteiger partial charge in [0.25, 0.3) is 0 Å². The summed E-state index contributed by atoms with van der Waals surface area (Å²) in [6.07, 6.45) is 0. The van der Waals surface area contributed by atoms with Crippen molar-refractivity contribution < 1.29 is 4.74 Å². The van der Waals surface area contributed by atoms with Crippen LogP contribution in [0.4, 0.5) is 0 Å². The molecule has 0 fully saturated rings. The van der Waals surface area contributed by atoms with Gasteiger partial charge in [0.15, 0.2) is 0 Å². The maximum Gasteiger partial charge on any atom is 0.127 e. The first kappa shape index (κ1) is 11.1. The summed E-state index contributed by atoms with van der Waals surface area (Å²) in [5.74, 6) is 0.797. The lowest BCUT2D eigenvalue weighted by atomic mass is 10.1. The van der Waals surface area contributed by atoms with E-state index >= 15 is 0 Å². The van der Waals surface area contributed by atoms with E-state index in [0.29, 0.717) is 22.7 Å². The summed E-state index contributed by atoms with van der Waals surface area (Å²) in [5.41, 5.74) is 1.02. The first-order chi connectivity index (χ1) is 7.08. The summed E-state index contributed by atoms with van der Waals surface area (Å²) in [6, 6.07) is 4.14. The fourth-order valence-corrected chi connectivity index (χ4v) is 2.42. The zero-order chi connectivity index (χ0) is 11.0. The summed E-state index contributed by atoms with van der Waals surface area (Å²) in [4.78, 5) is 0. The highest BCUT2D eigenvalue weighted by molar-refractivity contribution is 6.35. The van der Waals surface area contributed by atoms with Crippen LogP contribution < -0.4 is 10.1 Å². The Morgan fingerprint density at radius 3 is 2.80 bits per heavy atom. The predicted octanol–water partition coefficient (Wildman–Crippen LogP) is 3.42. The quantitative estimate of drug-likeness (QED) is 0.863. The molecule has 0 radical (unpaired) electrons. The second kappa shape index (κ2) is 4.20. The molecule has 0 aliphatic carbocycles. The number of rotatable bonds is 2. The number of nitrogens with one attached hydrogen (secondary N) is 1. The number of ether oxygens (including phenoxy) is 1. The normalized spacial score (nSPS) is 19.1. The second-order valence-corrected chi connectivity index (χ2v) is 4.83. The maximum atomic E-state index is 6.15. The molecule has 1 aromatic rings. The summed E-state index contributed by atoms with van der Waals surface area (Å²) in [6.45, 7) is 4.82. The first-order valence-electron chi connectivity index (χ1n) is 4.95. The second-order valence-electron chi connectivity index (χ2n) is 3.98. The molecule has 1 atom stereocenters. The van der Waals surface area contributed by atoms with Gasteiger partial charge in [0.2, 0.25) is 0 Å². The Bertz CT molecular complexity index is 379. The van der Waals surface area contributed by atoms with Crippen molar-refractivity contribution in [2.75, 3.05) is 6.61 Å². The molecular formula is C11H13Cl2NO. The molecule has 0 amide bonds. The molecule has 0 bridgehead atoms. The lowest BCUT2D eigenvalue weighted by Crippen LogP contribution is -2.29. The Hall–Kier alpha value is -0.440. The number of halogens is 2. The first-order valence-corrected chi connectivity index (χ1v) is 5.71. The number of fused-ring (bicyclic) bond motifs is 1. The van der Waals surface area contributed by atoms with Crippen LogP contribution in [0.15, 0.2) is 12.1 Å². The maximum absolute atomic E-state index is 6.15. The molecule has 0 saturated carbocycles. The van der Waals surface area contributed by atoms with Crippen LogP contribution in [-0.2, 0) is 0 Å². The predicted molar refractivity (Wildman–Crippen MR) is 63.0 cm³/mol. The fraction of sp³-hybridized carbons (Fsp3) is 0.455. The van der Waals surface area contributed by atoms with Gasteiger partial charge in [-0.2, -0.15) is 0 Å². The van der Waals surface area contributed by atoms with E-state index in [2.05, 4.69) is 19.2 Å². The van der Waals surface area contributed by atoms with Crippen molar-refractivity contribution in [2.45, 2.75) is 25.9 Å². The van der Waals surface area contributed by atoms with Gasteiger partial charge in [0, 0.05) is 16.6 Å². The molecule has 0 saturated heterocycles. The average Bonchev–Trinajstić information content (AvgIpc) is 2.46. The Morgan fingerprint density at radius 1 is 1.40 bits per heavy atom. The Morgan fingerprint density at radius 2 is 2.13 bits per heavy atom. The van der Waals surface area contributed by atoms with Gasteiger partial charge in [-0.3, -0.25) is 0 Å². The van der Waals surface area contributed by atoms with E-state index in [-0.39, 0.29) is 6.04 Å². The minimum atomic E-state index is 0.171. The largest absolute Gasteiger partial charge is 0.491 e. The molecule has 1 aliphatic heterocycles. The minimum Gasteiger partial charge on any atom is -0.491 e. The van der Waals surface area contributed by atoms with Crippen LogP contribution in [0.1, 0.15) is 25.5 Å². The summed E-state index contributed by atoms with van der Waals surface area (Å²) in [7, 11) is 0. The van der Waals surface area contributed by atoms with E-state index in [0.717, 1.165) is 11.3 Å². The van der Waals surface area contributed by atoms with Crippen molar-refractivity contribution in [1.82, 2.24) is 5.32 Å². The third-order valence-corrected chi connectivity index (χ3v) is 2.88. The Kier molecular flexibility index (Phi) is 3.10. The van der Waals surface area contributed by atoms with E-state index in [1.54, 1.807) is 6.07 Å². The summed E-state index contributed by atoms with van der Waals surface area (Å²) < 4.78 is 5.54. The van der Waals surface area contributed by atoms with E-state index in [4.69, 9.17) is 27.9 Å². The average molecular weight is 246 g/mol. The lowest BCUT2D eigenvalue weighted by Gasteiger charge is -2.15. The zero-order valence-electron chi connectivity index (χ0n) is 8.68. The molecule has 2 nitrogen and oxygen atoms in total. The summed E-state index contributed by atoms with van der Waals surface area (Å²) >= 11 is 12.0. The number of hydrogen-bond acceptors (Lipinski definition) is 2. The topological polar surface area (TPSA) is 21.3 Å². The van der Waals surface area contributed by atoms with Crippen molar-refractivity contribution in [3.05, 3.63) is 27.7 Å². The standard InChI is InChI=1S/C11H13Cl2NO/c1-6(2)14-9-5-15-10-4-7(12)3-8(13)11(9)10/h3-4,6,9,14H,5H2,1-2H3. The lowest BCUT2D eigenvalue weighted by molar-refractivity contribution is 0.303. The smallest absolute Gasteiger partial charge is 0.127 e. The van der Waals surface area contributed by atoms with Gasteiger partial charge in [-0.15, -0.1) is 0 Å². The Balaban J connectivity index is 2.33. The molecule has 1 heterocycles. The molecule has 1 aliphatic rings. The highest BCUT2D eigenvalue weighted by Crippen LogP contribution is 2.40. The van der Waals surface area contributed by atoms with Crippen LogP contribution in [0, 0.1) is 0 Å². The van der Waals surface area contributed by atoms with E-state index < -0.39 is 0 Å². The van der Waals surface area contributed by atoms with Crippen LogP contribution >= 0.6 is 23.2 Å². The van der Waals surface area contributed by atoms with Crippen LogP contribution in [-0.4, -0.2) is 12.6 Å². The molecule has 15 heavy (non-hydrogen) atoms. The van der Waals surface area contributed by atoms with Gasteiger partial charge >= 0.3 is 0 Å².